The molecule has 8 bridgehead atoms. The number of ether oxygens (including phenoxy) is 2. The van der Waals surface area contributed by atoms with Gasteiger partial charge in [0.05, 0.1) is 12.7 Å². The Kier molecular flexibility index (Phi) is 8.08. The van der Waals surface area contributed by atoms with Crippen molar-refractivity contribution in [3.05, 3.63) is 0 Å². The second kappa shape index (κ2) is 11.3. The molecule has 0 radical (unpaired) electrons. The van der Waals surface area contributed by atoms with Crippen LogP contribution in [0, 0.1) is 107 Å². The Labute approximate surface area is 313 Å². The smallest absolute Gasteiger partial charge is 0.381 e. The van der Waals surface area contributed by atoms with Crippen LogP contribution in [0.3, 0.4) is 0 Å². The molecule has 23 atom stereocenters. The van der Waals surface area contributed by atoms with E-state index in [1.165, 1.54) is 0 Å². The Morgan fingerprint density at radius 1 is 0.491 bits per heavy atom. The Bertz CT molecular complexity index is 1590. The molecule has 23 unspecified atom stereocenters. The summed E-state index contributed by atoms with van der Waals surface area (Å²) in [5.41, 5.74) is -6.02. The van der Waals surface area contributed by atoms with Gasteiger partial charge in [-0.15, -0.1) is 0 Å². The van der Waals surface area contributed by atoms with Gasteiger partial charge in [-0.25, -0.2) is 0 Å². The van der Waals surface area contributed by atoms with Gasteiger partial charge in [-0.1, -0.05) is 27.7 Å². The standard InChI is InChI=1S/C20H27F5O3.C19H25F5O3/c1-7-8(2)12-6-11(7)15-10-4-13(16(12)15)14(5-10)17(26)9(3)28-19(27,18(17,21)22)20(23,24)25;1-7-8(2)11-5-10(7)14-9-3-12(15(11)14)13(4-9)16(25)6-27-18(26,17(16,20)21)19(22,23)24/h7-16,26-27H,4-6H2,1-3H3;7-15,25-26H,3-6H2,1-2H3. The summed E-state index contributed by atoms with van der Waals surface area (Å²) >= 11 is 0. The van der Waals surface area contributed by atoms with Gasteiger partial charge in [0, 0.05) is 0 Å². The first kappa shape index (κ1) is 39.5. The van der Waals surface area contributed by atoms with Crippen LogP contribution in [-0.2, 0) is 9.47 Å². The minimum atomic E-state index is -5.70. The first-order chi connectivity index (χ1) is 25.1. The van der Waals surface area contributed by atoms with Crippen molar-refractivity contribution in [2.45, 2.75) is 126 Å². The van der Waals surface area contributed by atoms with Gasteiger partial charge in [-0.3, -0.25) is 0 Å². The van der Waals surface area contributed by atoms with Crippen LogP contribution in [0.15, 0.2) is 0 Å². The quantitative estimate of drug-likeness (QED) is 0.173. The molecule has 0 aromatic heterocycles. The summed E-state index contributed by atoms with van der Waals surface area (Å²) in [6, 6.07) is 0. The molecule has 8 saturated carbocycles. The van der Waals surface area contributed by atoms with Crippen molar-refractivity contribution in [3.8, 4) is 0 Å². The number of rotatable bonds is 2. The maximum atomic E-state index is 15.1. The summed E-state index contributed by atoms with van der Waals surface area (Å²) in [6.07, 6.45) is -9.13. The Balaban J connectivity index is 0.000000144. The average molecular weight is 807 g/mol. The molecule has 10 aliphatic rings. The minimum Gasteiger partial charge on any atom is -0.381 e. The van der Waals surface area contributed by atoms with E-state index in [0.717, 1.165) is 19.8 Å². The molecule has 2 saturated heterocycles. The van der Waals surface area contributed by atoms with Crippen molar-refractivity contribution < 1.29 is 73.8 Å². The van der Waals surface area contributed by atoms with Crippen LogP contribution in [0.4, 0.5) is 43.9 Å². The van der Waals surface area contributed by atoms with E-state index < -0.39 is 71.5 Å². The SMILES string of the molecule is CC1C(C)C2CC1C1C3CC(C21)C(C1(O)C(C)OC(O)(C(F)(F)F)C1(F)F)C3.CC1C(C)C2CC1C1C3CC(C21)C(C1(O)COC(O)(C(F)(F)F)C1(F)F)C3. The second-order valence-electron chi connectivity index (χ2n) is 20.1. The molecule has 8 aliphatic carbocycles. The fourth-order valence-electron chi connectivity index (χ4n) is 16.5. The molecule has 2 aliphatic heterocycles. The van der Waals surface area contributed by atoms with Crippen LogP contribution in [0.25, 0.3) is 0 Å². The lowest BCUT2D eigenvalue weighted by molar-refractivity contribution is -0.413. The Hall–Kier alpha value is -0.940. The maximum Gasteiger partial charge on any atom is 0.449 e. The molecule has 4 N–H and O–H groups in total. The van der Waals surface area contributed by atoms with E-state index in [4.69, 9.17) is 0 Å². The monoisotopic (exact) mass is 806 g/mol. The minimum absolute atomic E-state index is 0.163. The summed E-state index contributed by atoms with van der Waals surface area (Å²) in [5.74, 6) is -15.8. The van der Waals surface area contributed by atoms with Crippen LogP contribution in [0.2, 0.25) is 0 Å². The molecule has 10 rings (SSSR count). The lowest BCUT2D eigenvalue weighted by Gasteiger charge is -2.49. The molecular formula is C39H52F10O6. The van der Waals surface area contributed by atoms with Crippen molar-refractivity contribution in [2.24, 2.45) is 107 Å². The van der Waals surface area contributed by atoms with Gasteiger partial charge < -0.3 is 29.9 Å². The molecule has 6 nitrogen and oxygen atoms in total. The normalized spacial score (nSPS) is 61.5. The largest absolute Gasteiger partial charge is 0.449 e. The zero-order valence-corrected chi connectivity index (χ0v) is 31.3. The highest BCUT2D eigenvalue weighted by molar-refractivity contribution is 5.24. The molecule has 0 aromatic rings. The van der Waals surface area contributed by atoms with Crippen molar-refractivity contribution >= 4 is 0 Å². The van der Waals surface area contributed by atoms with Gasteiger partial charge in [0.15, 0.2) is 11.2 Å². The number of aliphatic hydroxyl groups is 4. The molecule has 2 heterocycles. The molecule has 314 valence electrons. The Morgan fingerprint density at radius 3 is 1.29 bits per heavy atom. The average Bonchev–Trinajstić information content (AvgIpc) is 3.95. The van der Waals surface area contributed by atoms with Gasteiger partial charge in [0.25, 0.3) is 0 Å². The van der Waals surface area contributed by atoms with Crippen molar-refractivity contribution in [2.75, 3.05) is 6.61 Å². The zero-order valence-electron chi connectivity index (χ0n) is 31.3. The fraction of sp³-hybridized carbons (Fsp3) is 1.00. The van der Waals surface area contributed by atoms with Gasteiger partial charge in [-0.05, 0) is 152 Å². The molecule has 55 heavy (non-hydrogen) atoms. The summed E-state index contributed by atoms with van der Waals surface area (Å²) in [4.78, 5) is 0. The predicted molar refractivity (Wildman–Crippen MR) is 172 cm³/mol. The van der Waals surface area contributed by atoms with Crippen molar-refractivity contribution in [1.29, 1.82) is 0 Å². The molecule has 0 amide bonds. The molecular weight excluding hydrogens is 754 g/mol. The molecule has 10 fully saturated rings. The zero-order chi connectivity index (χ0) is 40.3. The summed E-state index contributed by atoms with van der Waals surface area (Å²) < 4.78 is 148. The van der Waals surface area contributed by atoms with Crippen molar-refractivity contribution in [1.82, 2.24) is 0 Å². The lowest BCUT2D eigenvalue weighted by atomic mass is 9.58. The molecule has 0 spiro atoms. The van der Waals surface area contributed by atoms with E-state index in [1.807, 2.05) is 0 Å². The van der Waals surface area contributed by atoms with E-state index in [2.05, 4.69) is 37.2 Å². The first-order valence-corrected chi connectivity index (χ1v) is 20.2. The maximum absolute atomic E-state index is 15.1. The van der Waals surface area contributed by atoms with Crippen molar-refractivity contribution in [3.63, 3.8) is 0 Å². The summed E-state index contributed by atoms with van der Waals surface area (Å²) in [7, 11) is 0. The number of hydrogen-bond acceptors (Lipinski definition) is 6. The van der Waals surface area contributed by atoms with Gasteiger partial charge in [0.2, 0.25) is 0 Å². The number of fused-ring (bicyclic) bond motifs is 18. The lowest BCUT2D eigenvalue weighted by Crippen LogP contribution is -2.67. The fourth-order valence-corrected chi connectivity index (χ4v) is 16.5. The molecule has 16 heteroatoms. The van der Waals surface area contributed by atoms with Crippen LogP contribution in [-0.4, -0.2) is 80.1 Å². The van der Waals surface area contributed by atoms with E-state index in [0.29, 0.717) is 78.4 Å². The first-order valence-electron chi connectivity index (χ1n) is 20.2. The second-order valence-corrected chi connectivity index (χ2v) is 20.1. The number of hydrogen-bond donors (Lipinski definition) is 4. The van der Waals surface area contributed by atoms with E-state index in [-0.39, 0.29) is 41.9 Å². The topological polar surface area (TPSA) is 99.4 Å². The highest BCUT2D eigenvalue weighted by Gasteiger charge is 2.88. The third-order valence-corrected chi connectivity index (χ3v) is 19.0. The number of halogens is 10. The van der Waals surface area contributed by atoms with Crippen LogP contribution >= 0.6 is 0 Å². The van der Waals surface area contributed by atoms with Crippen LogP contribution in [0.1, 0.15) is 73.1 Å². The highest BCUT2D eigenvalue weighted by Crippen LogP contribution is 2.76. The summed E-state index contributed by atoms with van der Waals surface area (Å²) in [6.45, 7) is 8.67. The van der Waals surface area contributed by atoms with Gasteiger partial charge >= 0.3 is 35.8 Å². The predicted octanol–water partition coefficient (Wildman–Crippen LogP) is 7.28. The number of alkyl halides is 10. The summed E-state index contributed by atoms with van der Waals surface area (Å²) in [5, 5.41) is 41.3. The van der Waals surface area contributed by atoms with Gasteiger partial charge in [-0.2, -0.15) is 43.9 Å². The van der Waals surface area contributed by atoms with Crippen LogP contribution in [0.5, 0.6) is 0 Å². The third-order valence-electron chi connectivity index (χ3n) is 19.0. The van der Waals surface area contributed by atoms with E-state index in [9.17, 15) is 55.5 Å². The van der Waals surface area contributed by atoms with Crippen LogP contribution < -0.4 is 0 Å². The van der Waals surface area contributed by atoms with E-state index >= 15 is 8.78 Å². The van der Waals surface area contributed by atoms with E-state index in [1.54, 1.807) is 0 Å². The third kappa shape index (κ3) is 4.31. The van der Waals surface area contributed by atoms with Gasteiger partial charge in [0.1, 0.15) is 0 Å². The highest BCUT2D eigenvalue weighted by atomic mass is 19.4. The Morgan fingerprint density at radius 2 is 0.891 bits per heavy atom. The molecule has 0 aromatic carbocycles.